The smallest absolute Gasteiger partial charge is 0.244 e. The van der Waals surface area contributed by atoms with Crippen LogP contribution in [0.5, 0.6) is 0 Å². The van der Waals surface area contributed by atoms with Crippen molar-refractivity contribution >= 4 is 22.9 Å². The quantitative estimate of drug-likeness (QED) is 0.835. The summed E-state index contributed by atoms with van der Waals surface area (Å²) in [5.74, 6) is -0.165. The van der Waals surface area contributed by atoms with E-state index in [2.05, 4.69) is 11.4 Å². The minimum atomic E-state index is -0.870. The maximum Gasteiger partial charge on any atom is 0.244 e. The number of nitrogens with zero attached hydrogens (tertiary/aromatic N) is 1. The van der Waals surface area contributed by atoms with Gasteiger partial charge in [-0.1, -0.05) is 26.7 Å². The SMILES string of the molecule is CCCC(C#N)(CCC)C(=O)Nc1ccsc1. The van der Waals surface area contributed by atoms with E-state index in [0.717, 1.165) is 18.5 Å². The van der Waals surface area contributed by atoms with Crippen LogP contribution in [0.3, 0.4) is 0 Å². The fraction of sp³-hybridized carbons (Fsp3) is 0.538. The van der Waals surface area contributed by atoms with Gasteiger partial charge in [0, 0.05) is 5.38 Å². The molecule has 0 aliphatic heterocycles. The first-order chi connectivity index (χ1) is 8.18. The topological polar surface area (TPSA) is 52.9 Å². The zero-order valence-corrected chi connectivity index (χ0v) is 11.1. The summed E-state index contributed by atoms with van der Waals surface area (Å²) >= 11 is 1.53. The number of anilines is 1. The maximum atomic E-state index is 12.2. The Bertz CT molecular complexity index is 386. The van der Waals surface area contributed by atoms with E-state index >= 15 is 0 Å². The maximum absolute atomic E-state index is 12.2. The van der Waals surface area contributed by atoms with Crippen molar-refractivity contribution in [1.29, 1.82) is 5.26 Å². The van der Waals surface area contributed by atoms with Crippen LogP contribution in [0, 0.1) is 16.7 Å². The third kappa shape index (κ3) is 3.31. The number of amides is 1. The van der Waals surface area contributed by atoms with Crippen molar-refractivity contribution < 1.29 is 4.79 Å². The van der Waals surface area contributed by atoms with Gasteiger partial charge in [-0.25, -0.2) is 0 Å². The monoisotopic (exact) mass is 250 g/mol. The van der Waals surface area contributed by atoms with Crippen LogP contribution in [0.15, 0.2) is 16.8 Å². The molecule has 1 N–H and O–H groups in total. The number of hydrogen-bond acceptors (Lipinski definition) is 3. The molecule has 0 aromatic carbocycles. The second-order valence-electron chi connectivity index (χ2n) is 4.16. The first kappa shape index (κ1) is 13.7. The van der Waals surface area contributed by atoms with E-state index in [0.29, 0.717) is 12.8 Å². The Hall–Kier alpha value is -1.34. The molecule has 0 bridgehead atoms. The summed E-state index contributed by atoms with van der Waals surface area (Å²) in [4.78, 5) is 12.2. The Morgan fingerprint density at radius 1 is 1.47 bits per heavy atom. The van der Waals surface area contributed by atoms with E-state index in [1.165, 1.54) is 11.3 Å². The van der Waals surface area contributed by atoms with E-state index in [-0.39, 0.29) is 5.91 Å². The molecule has 1 amide bonds. The molecule has 1 aromatic heterocycles. The van der Waals surface area contributed by atoms with Gasteiger partial charge in [0.15, 0.2) is 0 Å². The number of hydrogen-bond donors (Lipinski definition) is 1. The Labute approximate surface area is 106 Å². The molecule has 0 radical (unpaired) electrons. The van der Waals surface area contributed by atoms with Crippen LogP contribution in [-0.4, -0.2) is 5.91 Å². The van der Waals surface area contributed by atoms with Crippen LogP contribution < -0.4 is 5.32 Å². The molecule has 3 nitrogen and oxygen atoms in total. The summed E-state index contributed by atoms with van der Waals surface area (Å²) in [6.07, 6.45) is 2.91. The van der Waals surface area contributed by atoms with E-state index in [9.17, 15) is 10.1 Å². The highest BCUT2D eigenvalue weighted by Crippen LogP contribution is 2.31. The molecule has 1 rings (SSSR count). The lowest BCUT2D eigenvalue weighted by molar-refractivity contribution is -0.123. The first-order valence-electron chi connectivity index (χ1n) is 5.93. The molecule has 0 aliphatic carbocycles. The van der Waals surface area contributed by atoms with E-state index < -0.39 is 5.41 Å². The number of nitriles is 1. The molecule has 0 saturated carbocycles. The van der Waals surface area contributed by atoms with Gasteiger partial charge >= 0.3 is 0 Å². The lowest BCUT2D eigenvalue weighted by Gasteiger charge is -2.24. The van der Waals surface area contributed by atoms with Crippen LogP contribution in [0.1, 0.15) is 39.5 Å². The van der Waals surface area contributed by atoms with Gasteiger partial charge in [-0.2, -0.15) is 16.6 Å². The van der Waals surface area contributed by atoms with Crippen molar-refractivity contribution in [3.8, 4) is 6.07 Å². The van der Waals surface area contributed by atoms with E-state index in [1.54, 1.807) is 0 Å². The molecular formula is C13H18N2OS. The molecule has 0 unspecified atom stereocenters. The average molecular weight is 250 g/mol. The Morgan fingerprint density at radius 3 is 2.53 bits per heavy atom. The largest absolute Gasteiger partial charge is 0.324 e. The lowest BCUT2D eigenvalue weighted by atomic mass is 9.80. The van der Waals surface area contributed by atoms with Crippen LogP contribution in [0.2, 0.25) is 0 Å². The van der Waals surface area contributed by atoms with Crippen molar-refractivity contribution in [3.05, 3.63) is 16.8 Å². The van der Waals surface area contributed by atoms with Gasteiger partial charge in [0.05, 0.1) is 11.8 Å². The summed E-state index contributed by atoms with van der Waals surface area (Å²) in [5.41, 5.74) is -0.0855. The van der Waals surface area contributed by atoms with Crippen molar-refractivity contribution in [3.63, 3.8) is 0 Å². The molecule has 0 spiro atoms. The Balaban J connectivity index is 2.82. The predicted octanol–water partition coefficient (Wildman–Crippen LogP) is 3.80. The lowest BCUT2D eigenvalue weighted by Crippen LogP contribution is -2.34. The minimum Gasteiger partial charge on any atom is -0.324 e. The number of carbonyl (C=O) groups is 1. The highest BCUT2D eigenvalue weighted by molar-refractivity contribution is 7.08. The van der Waals surface area contributed by atoms with Gasteiger partial charge in [-0.05, 0) is 24.3 Å². The van der Waals surface area contributed by atoms with Gasteiger partial charge < -0.3 is 5.32 Å². The molecule has 17 heavy (non-hydrogen) atoms. The van der Waals surface area contributed by atoms with Gasteiger partial charge in [-0.15, -0.1) is 0 Å². The highest BCUT2D eigenvalue weighted by atomic mass is 32.1. The average Bonchev–Trinajstić information content (AvgIpc) is 2.81. The molecular weight excluding hydrogens is 232 g/mol. The number of rotatable bonds is 6. The summed E-state index contributed by atoms with van der Waals surface area (Å²) in [5, 5.41) is 15.9. The fourth-order valence-corrected chi connectivity index (χ4v) is 2.54. The minimum absolute atomic E-state index is 0.165. The molecule has 0 aliphatic rings. The second kappa shape index (κ2) is 6.41. The predicted molar refractivity (Wildman–Crippen MR) is 70.8 cm³/mol. The summed E-state index contributed by atoms with van der Waals surface area (Å²) in [6, 6.07) is 4.07. The molecule has 4 heteroatoms. The zero-order valence-electron chi connectivity index (χ0n) is 10.3. The van der Waals surface area contributed by atoms with E-state index in [4.69, 9.17) is 0 Å². The summed E-state index contributed by atoms with van der Waals surface area (Å²) in [7, 11) is 0. The van der Waals surface area contributed by atoms with Crippen molar-refractivity contribution in [1.82, 2.24) is 0 Å². The van der Waals surface area contributed by atoms with Gasteiger partial charge in [0.2, 0.25) is 5.91 Å². The summed E-state index contributed by atoms with van der Waals surface area (Å²) in [6.45, 7) is 4.00. The van der Waals surface area contributed by atoms with Crippen molar-refractivity contribution in [2.45, 2.75) is 39.5 Å². The molecule has 0 saturated heterocycles. The number of nitrogens with one attached hydrogen (secondary N) is 1. The van der Waals surface area contributed by atoms with Gasteiger partial charge in [0.25, 0.3) is 0 Å². The van der Waals surface area contributed by atoms with Crippen molar-refractivity contribution in [2.24, 2.45) is 5.41 Å². The van der Waals surface area contributed by atoms with Crippen LogP contribution >= 0.6 is 11.3 Å². The van der Waals surface area contributed by atoms with Gasteiger partial charge in [0.1, 0.15) is 5.41 Å². The number of thiophene rings is 1. The third-order valence-corrected chi connectivity index (χ3v) is 3.46. The van der Waals surface area contributed by atoms with E-state index in [1.807, 2.05) is 30.7 Å². The van der Waals surface area contributed by atoms with Crippen LogP contribution in [0.4, 0.5) is 5.69 Å². The van der Waals surface area contributed by atoms with Crippen LogP contribution in [-0.2, 0) is 4.79 Å². The molecule has 0 atom stereocenters. The highest BCUT2D eigenvalue weighted by Gasteiger charge is 2.36. The third-order valence-electron chi connectivity index (χ3n) is 2.78. The first-order valence-corrected chi connectivity index (χ1v) is 6.87. The second-order valence-corrected chi connectivity index (χ2v) is 4.94. The number of carbonyl (C=O) groups excluding carboxylic acids is 1. The molecule has 1 heterocycles. The fourth-order valence-electron chi connectivity index (χ4n) is 1.95. The molecule has 92 valence electrons. The van der Waals surface area contributed by atoms with Gasteiger partial charge in [-0.3, -0.25) is 4.79 Å². The zero-order chi connectivity index (χ0) is 12.7. The van der Waals surface area contributed by atoms with Crippen LogP contribution in [0.25, 0.3) is 0 Å². The Kier molecular flexibility index (Phi) is 5.17. The summed E-state index contributed by atoms with van der Waals surface area (Å²) < 4.78 is 0. The Morgan fingerprint density at radius 2 is 2.12 bits per heavy atom. The molecule has 0 fully saturated rings. The standard InChI is InChI=1S/C13H18N2OS/c1-3-6-13(10-14,7-4-2)12(16)15-11-5-8-17-9-11/h5,8-9H,3-4,6-7H2,1-2H3,(H,15,16). The molecule has 1 aromatic rings. The normalized spacial score (nSPS) is 10.9. The van der Waals surface area contributed by atoms with Crippen molar-refractivity contribution in [2.75, 3.05) is 5.32 Å².